The van der Waals surface area contributed by atoms with Crippen LogP contribution in [0.4, 0.5) is 18.2 Å². The van der Waals surface area contributed by atoms with Crippen molar-refractivity contribution in [2.75, 3.05) is 38.5 Å². The average molecular weight is 674 g/mol. The Morgan fingerprint density at radius 1 is 0.956 bits per heavy atom. The lowest BCUT2D eigenvalue weighted by Crippen LogP contribution is -2.19. The summed E-state index contributed by atoms with van der Waals surface area (Å²) in [6.45, 7) is 4.77. The summed E-state index contributed by atoms with van der Waals surface area (Å²) in [6, 6.07) is 4.76. The molecule has 0 saturated heterocycles. The number of rotatable bonds is 13. The van der Waals surface area contributed by atoms with Gasteiger partial charge in [0.05, 0.1) is 44.4 Å². The van der Waals surface area contributed by atoms with Crippen molar-refractivity contribution in [2.45, 2.75) is 44.9 Å². The number of alkyl halides is 3. The van der Waals surface area contributed by atoms with Crippen LogP contribution in [0.5, 0.6) is 11.5 Å². The summed E-state index contributed by atoms with van der Waals surface area (Å²) >= 11 is 0.792. The van der Waals surface area contributed by atoms with Gasteiger partial charge < -0.3 is 24.3 Å². The molecular weight excluding hydrogens is 643 g/mol. The quantitative estimate of drug-likeness (QED) is 0.190. The number of hydrogen-bond acceptors (Lipinski definition) is 12. The first-order chi connectivity index (χ1) is 21.2. The predicted molar refractivity (Wildman–Crippen MR) is 156 cm³/mol. The van der Waals surface area contributed by atoms with Gasteiger partial charge in [-0.1, -0.05) is 0 Å². The number of nitrogens with zero attached hydrogens (tertiary/aromatic N) is 2. The average Bonchev–Trinajstić information content (AvgIpc) is 3.31. The highest BCUT2D eigenvalue weighted by Crippen LogP contribution is 2.36. The summed E-state index contributed by atoms with van der Waals surface area (Å²) in [7, 11) is -1.81. The number of carbonyl (C=O) groups excluding carboxylic acids is 3. The normalized spacial score (nSPS) is 11.6. The van der Waals surface area contributed by atoms with Crippen LogP contribution in [0.2, 0.25) is 0 Å². The van der Waals surface area contributed by atoms with Crippen LogP contribution in [0.25, 0.3) is 11.3 Å². The van der Waals surface area contributed by atoms with E-state index in [0.717, 1.165) is 11.3 Å². The van der Waals surface area contributed by atoms with Gasteiger partial charge in [-0.3, -0.25) is 4.79 Å². The number of sulfone groups is 1. The Kier molecular flexibility index (Phi) is 11.5. The minimum Gasteiger partial charge on any atom is -0.493 e. The maximum absolute atomic E-state index is 13.7. The van der Waals surface area contributed by atoms with Crippen LogP contribution in [-0.2, 0) is 30.3 Å². The van der Waals surface area contributed by atoms with E-state index in [1.165, 1.54) is 39.3 Å². The number of hydrogen-bond donors (Lipinski definition) is 1. The zero-order valence-corrected chi connectivity index (χ0v) is 26.5. The van der Waals surface area contributed by atoms with Crippen molar-refractivity contribution in [3.63, 3.8) is 0 Å². The number of methoxy groups -OCH3 is 2. The largest absolute Gasteiger partial charge is 0.493 e. The fourth-order valence-electron chi connectivity index (χ4n) is 4.00. The standard InChI is InChI=1S/C28H30F3N3O9S2/c1-6-42-25(36)22-15(3)23(26(37)43-7-2)44-24(22)34-21(35)9-8-12-45(38,39)27-32-17(14-20(33-27)28(29,30)31)16-10-11-18(40-4)19(13-16)41-5/h10-11,13-14H,6-9,12H2,1-5H3,(H,34,35). The molecule has 45 heavy (non-hydrogen) atoms. The molecule has 0 radical (unpaired) electrons. The molecule has 244 valence electrons. The molecule has 1 amide bonds. The minimum atomic E-state index is -4.99. The zero-order chi connectivity index (χ0) is 33.5. The summed E-state index contributed by atoms with van der Waals surface area (Å²) in [4.78, 5) is 44.9. The van der Waals surface area contributed by atoms with Crippen molar-refractivity contribution in [1.82, 2.24) is 9.97 Å². The van der Waals surface area contributed by atoms with E-state index in [1.807, 2.05) is 0 Å². The molecule has 0 aliphatic rings. The number of halogens is 3. The number of ether oxygens (including phenoxy) is 4. The summed E-state index contributed by atoms with van der Waals surface area (Å²) in [5.74, 6) is -2.50. The van der Waals surface area contributed by atoms with Gasteiger partial charge in [-0.15, -0.1) is 11.3 Å². The second-order valence-corrected chi connectivity index (χ2v) is 12.2. The Morgan fingerprint density at radius 3 is 2.20 bits per heavy atom. The number of carbonyl (C=O) groups is 3. The molecule has 1 aromatic carbocycles. The van der Waals surface area contributed by atoms with Gasteiger partial charge in [-0.05, 0) is 57.0 Å². The summed E-state index contributed by atoms with van der Waals surface area (Å²) in [5.41, 5.74) is -1.50. The molecule has 3 rings (SSSR count). The van der Waals surface area contributed by atoms with Gasteiger partial charge >= 0.3 is 18.1 Å². The SMILES string of the molecule is CCOC(=O)c1sc(NC(=O)CCCS(=O)(=O)c2nc(-c3ccc(OC)c(OC)c3)cc(C(F)(F)F)n2)c(C(=O)OCC)c1C. The highest BCUT2D eigenvalue weighted by atomic mass is 32.2. The number of esters is 2. The number of nitrogens with one attached hydrogen (secondary N) is 1. The van der Waals surface area contributed by atoms with E-state index in [4.69, 9.17) is 18.9 Å². The number of benzene rings is 1. The van der Waals surface area contributed by atoms with Crippen molar-refractivity contribution < 1.29 is 54.9 Å². The maximum atomic E-state index is 13.7. The van der Waals surface area contributed by atoms with Crippen molar-refractivity contribution in [2.24, 2.45) is 0 Å². The van der Waals surface area contributed by atoms with E-state index >= 15 is 0 Å². The minimum absolute atomic E-state index is 0.00244. The molecule has 0 aliphatic carbocycles. The van der Waals surface area contributed by atoms with Crippen molar-refractivity contribution in [3.05, 3.63) is 46.0 Å². The van der Waals surface area contributed by atoms with Gasteiger partial charge in [-0.25, -0.2) is 28.0 Å². The first-order valence-corrected chi connectivity index (χ1v) is 15.8. The molecular formula is C28H30F3N3O9S2. The Hall–Kier alpha value is -4.25. The Balaban J connectivity index is 1.84. The Bertz CT molecular complexity index is 1690. The second kappa shape index (κ2) is 14.7. The van der Waals surface area contributed by atoms with E-state index in [1.54, 1.807) is 13.8 Å². The van der Waals surface area contributed by atoms with Crippen LogP contribution >= 0.6 is 11.3 Å². The smallest absolute Gasteiger partial charge is 0.433 e. The first-order valence-electron chi connectivity index (χ1n) is 13.4. The molecule has 0 spiro atoms. The molecule has 0 saturated carbocycles. The van der Waals surface area contributed by atoms with Gasteiger partial charge in [0.1, 0.15) is 15.6 Å². The molecule has 1 N–H and O–H groups in total. The van der Waals surface area contributed by atoms with Gasteiger partial charge in [0.15, 0.2) is 11.5 Å². The molecule has 2 aromatic heterocycles. The predicted octanol–water partition coefficient (Wildman–Crippen LogP) is 5.10. The van der Waals surface area contributed by atoms with Crippen molar-refractivity contribution in [1.29, 1.82) is 0 Å². The third-order valence-electron chi connectivity index (χ3n) is 6.11. The van der Waals surface area contributed by atoms with Crippen LogP contribution in [0.15, 0.2) is 29.4 Å². The molecule has 0 fully saturated rings. The number of anilines is 1. The monoisotopic (exact) mass is 673 g/mol. The topological polar surface area (TPSA) is 160 Å². The molecule has 0 aliphatic heterocycles. The van der Waals surface area contributed by atoms with Crippen LogP contribution < -0.4 is 14.8 Å². The lowest BCUT2D eigenvalue weighted by molar-refractivity contribution is -0.141. The van der Waals surface area contributed by atoms with Crippen LogP contribution in [0, 0.1) is 6.92 Å². The molecule has 0 atom stereocenters. The fraction of sp³-hybridized carbons (Fsp3) is 0.393. The molecule has 0 bridgehead atoms. The van der Waals surface area contributed by atoms with Gasteiger partial charge in [0, 0.05) is 12.0 Å². The lowest BCUT2D eigenvalue weighted by atomic mass is 10.1. The van der Waals surface area contributed by atoms with E-state index in [-0.39, 0.29) is 57.6 Å². The van der Waals surface area contributed by atoms with Gasteiger partial charge in [0.2, 0.25) is 20.9 Å². The lowest BCUT2D eigenvalue weighted by Gasteiger charge is -2.13. The molecule has 12 nitrogen and oxygen atoms in total. The van der Waals surface area contributed by atoms with Gasteiger partial charge in [-0.2, -0.15) is 13.2 Å². The van der Waals surface area contributed by atoms with Gasteiger partial charge in [0.25, 0.3) is 0 Å². The Labute approximate surface area is 260 Å². The van der Waals surface area contributed by atoms with Crippen molar-refractivity contribution in [3.8, 4) is 22.8 Å². The van der Waals surface area contributed by atoms with E-state index < -0.39 is 56.9 Å². The highest BCUT2D eigenvalue weighted by Gasteiger charge is 2.35. The summed E-state index contributed by atoms with van der Waals surface area (Å²) < 4.78 is 87.6. The summed E-state index contributed by atoms with van der Waals surface area (Å²) in [5, 5.41) is 1.42. The fourth-order valence-corrected chi connectivity index (χ4v) is 6.28. The molecule has 2 heterocycles. The molecule has 3 aromatic rings. The highest BCUT2D eigenvalue weighted by molar-refractivity contribution is 7.91. The number of thiophene rings is 1. The summed E-state index contributed by atoms with van der Waals surface area (Å²) in [6.07, 6.45) is -5.73. The number of amides is 1. The van der Waals surface area contributed by atoms with Crippen LogP contribution in [0.1, 0.15) is 58.0 Å². The van der Waals surface area contributed by atoms with Crippen LogP contribution in [-0.4, -0.2) is 69.4 Å². The van der Waals surface area contributed by atoms with E-state index in [0.29, 0.717) is 11.8 Å². The van der Waals surface area contributed by atoms with Crippen molar-refractivity contribution >= 4 is 44.0 Å². The Morgan fingerprint density at radius 2 is 1.60 bits per heavy atom. The third-order valence-corrected chi connectivity index (χ3v) is 8.86. The zero-order valence-electron chi connectivity index (χ0n) is 24.9. The molecule has 17 heteroatoms. The van der Waals surface area contributed by atoms with E-state index in [9.17, 15) is 36.0 Å². The maximum Gasteiger partial charge on any atom is 0.433 e. The third kappa shape index (κ3) is 8.48. The number of aromatic nitrogens is 2. The van der Waals surface area contributed by atoms with E-state index in [2.05, 4.69) is 15.3 Å². The molecule has 0 unspecified atom stereocenters. The first kappa shape index (κ1) is 35.2. The second-order valence-electron chi connectivity index (χ2n) is 9.16. The van der Waals surface area contributed by atoms with Crippen LogP contribution in [0.3, 0.4) is 0 Å².